The standard InChI is InChI=1S/C14H17BrN2O5/c1-9(2)16-14(20)17-12(18)7-22-13(19)8-21-11-5-3-4-10(15)6-11/h3-6,9H,7-8H2,1-2H3,(H2,16,17,18,20). The fourth-order valence-electron chi connectivity index (χ4n) is 1.35. The molecule has 3 amide bonds. The van der Waals surface area contributed by atoms with Gasteiger partial charge >= 0.3 is 12.0 Å². The third-order valence-electron chi connectivity index (χ3n) is 2.19. The second-order valence-electron chi connectivity index (χ2n) is 4.58. The largest absolute Gasteiger partial charge is 0.482 e. The number of esters is 1. The molecule has 1 aromatic carbocycles. The molecule has 0 aromatic heterocycles. The lowest BCUT2D eigenvalue weighted by molar-refractivity contribution is -0.150. The van der Waals surface area contributed by atoms with Crippen molar-refractivity contribution < 1.29 is 23.9 Å². The number of rotatable bonds is 6. The molecule has 0 radical (unpaired) electrons. The molecule has 0 spiro atoms. The minimum Gasteiger partial charge on any atom is -0.482 e. The molecule has 120 valence electrons. The van der Waals surface area contributed by atoms with E-state index in [1.807, 2.05) is 11.4 Å². The van der Waals surface area contributed by atoms with Crippen molar-refractivity contribution in [2.75, 3.05) is 13.2 Å². The Hall–Kier alpha value is -2.09. The Bertz CT molecular complexity index is 548. The Labute approximate surface area is 136 Å². The van der Waals surface area contributed by atoms with Crippen LogP contribution < -0.4 is 15.4 Å². The van der Waals surface area contributed by atoms with Crippen LogP contribution in [0.5, 0.6) is 5.75 Å². The van der Waals surface area contributed by atoms with E-state index in [9.17, 15) is 14.4 Å². The van der Waals surface area contributed by atoms with Gasteiger partial charge in [-0.3, -0.25) is 10.1 Å². The number of urea groups is 1. The number of hydrogen-bond donors (Lipinski definition) is 2. The molecule has 22 heavy (non-hydrogen) atoms. The van der Waals surface area contributed by atoms with Crippen molar-refractivity contribution in [1.82, 2.24) is 10.6 Å². The highest BCUT2D eigenvalue weighted by Gasteiger charge is 2.12. The van der Waals surface area contributed by atoms with Gasteiger partial charge in [-0.1, -0.05) is 22.0 Å². The number of halogens is 1. The molecular weight excluding hydrogens is 356 g/mol. The summed E-state index contributed by atoms with van der Waals surface area (Å²) in [6.07, 6.45) is 0. The number of carbonyl (C=O) groups excluding carboxylic acids is 3. The van der Waals surface area contributed by atoms with Crippen LogP contribution in [-0.2, 0) is 14.3 Å². The molecule has 1 aromatic rings. The van der Waals surface area contributed by atoms with Crippen LogP contribution in [0.4, 0.5) is 4.79 Å². The topological polar surface area (TPSA) is 93.7 Å². The van der Waals surface area contributed by atoms with Gasteiger partial charge in [0.15, 0.2) is 13.2 Å². The summed E-state index contributed by atoms with van der Waals surface area (Å²) in [5, 5.41) is 4.51. The predicted octanol–water partition coefficient (Wildman–Crippen LogP) is 1.61. The van der Waals surface area contributed by atoms with Crippen LogP contribution in [0, 0.1) is 0 Å². The van der Waals surface area contributed by atoms with E-state index < -0.39 is 24.5 Å². The van der Waals surface area contributed by atoms with Gasteiger partial charge in [0.2, 0.25) is 0 Å². The number of benzene rings is 1. The molecule has 0 aliphatic rings. The number of carbonyl (C=O) groups is 3. The first-order valence-corrected chi connectivity index (χ1v) is 7.30. The number of amides is 3. The lowest BCUT2D eigenvalue weighted by Crippen LogP contribution is -2.44. The van der Waals surface area contributed by atoms with E-state index in [-0.39, 0.29) is 12.6 Å². The molecule has 7 nitrogen and oxygen atoms in total. The van der Waals surface area contributed by atoms with Gasteiger partial charge in [0.25, 0.3) is 5.91 Å². The van der Waals surface area contributed by atoms with Crippen LogP contribution in [0.25, 0.3) is 0 Å². The fraction of sp³-hybridized carbons (Fsp3) is 0.357. The molecule has 2 N–H and O–H groups in total. The molecule has 0 fully saturated rings. The lowest BCUT2D eigenvalue weighted by atomic mass is 10.3. The number of hydrogen-bond acceptors (Lipinski definition) is 5. The Morgan fingerprint density at radius 3 is 2.59 bits per heavy atom. The summed E-state index contributed by atoms with van der Waals surface area (Å²) < 4.78 is 10.7. The highest BCUT2D eigenvalue weighted by atomic mass is 79.9. The van der Waals surface area contributed by atoms with Gasteiger partial charge in [0.05, 0.1) is 0 Å². The molecule has 0 saturated carbocycles. The van der Waals surface area contributed by atoms with Gasteiger partial charge in [-0.25, -0.2) is 9.59 Å². The number of nitrogens with one attached hydrogen (secondary N) is 2. The maximum absolute atomic E-state index is 11.4. The minimum atomic E-state index is -0.714. The molecule has 0 atom stereocenters. The lowest BCUT2D eigenvalue weighted by Gasteiger charge is -2.10. The number of ether oxygens (including phenoxy) is 2. The van der Waals surface area contributed by atoms with E-state index in [0.717, 1.165) is 4.47 Å². The number of imide groups is 1. The molecule has 0 aliphatic carbocycles. The van der Waals surface area contributed by atoms with Crippen molar-refractivity contribution in [3.63, 3.8) is 0 Å². The minimum absolute atomic E-state index is 0.103. The van der Waals surface area contributed by atoms with Gasteiger partial charge in [-0.15, -0.1) is 0 Å². The molecular formula is C14H17BrN2O5. The molecule has 8 heteroatoms. The van der Waals surface area contributed by atoms with Gasteiger partial charge in [-0.2, -0.15) is 0 Å². The smallest absolute Gasteiger partial charge is 0.344 e. The summed E-state index contributed by atoms with van der Waals surface area (Å²) in [5.74, 6) is -0.930. The second kappa shape index (κ2) is 9.04. The first-order chi connectivity index (χ1) is 10.4. The van der Waals surface area contributed by atoms with Crippen molar-refractivity contribution in [3.05, 3.63) is 28.7 Å². The fourth-order valence-corrected chi connectivity index (χ4v) is 1.73. The highest BCUT2D eigenvalue weighted by molar-refractivity contribution is 9.10. The zero-order valence-electron chi connectivity index (χ0n) is 12.2. The zero-order valence-corrected chi connectivity index (χ0v) is 13.8. The molecule has 0 aliphatic heterocycles. The van der Waals surface area contributed by atoms with Crippen LogP contribution in [0.3, 0.4) is 0 Å². The van der Waals surface area contributed by atoms with E-state index in [2.05, 4.69) is 21.2 Å². The maximum Gasteiger partial charge on any atom is 0.344 e. The van der Waals surface area contributed by atoms with Gasteiger partial charge in [-0.05, 0) is 32.0 Å². The Balaban J connectivity index is 2.25. The van der Waals surface area contributed by atoms with Gasteiger partial charge in [0.1, 0.15) is 5.75 Å². The third kappa shape index (κ3) is 7.63. The summed E-state index contributed by atoms with van der Waals surface area (Å²) in [5.41, 5.74) is 0. The van der Waals surface area contributed by atoms with Crippen LogP contribution in [0.15, 0.2) is 28.7 Å². The van der Waals surface area contributed by atoms with Crippen molar-refractivity contribution in [1.29, 1.82) is 0 Å². The summed E-state index contributed by atoms with van der Waals surface area (Å²) in [6.45, 7) is 2.63. The van der Waals surface area contributed by atoms with Crippen molar-refractivity contribution >= 4 is 33.8 Å². The predicted molar refractivity (Wildman–Crippen MR) is 82.4 cm³/mol. The van der Waals surface area contributed by atoms with Gasteiger partial charge < -0.3 is 14.8 Å². The first kappa shape index (κ1) is 18.0. The van der Waals surface area contributed by atoms with Crippen LogP contribution >= 0.6 is 15.9 Å². The summed E-state index contributed by atoms with van der Waals surface area (Å²) in [4.78, 5) is 34.0. The third-order valence-corrected chi connectivity index (χ3v) is 2.68. The summed E-state index contributed by atoms with van der Waals surface area (Å²) in [7, 11) is 0. The van der Waals surface area contributed by atoms with Crippen molar-refractivity contribution in [3.8, 4) is 5.75 Å². The summed E-state index contributed by atoms with van der Waals surface area (Å²) >= 11 is 3.27. The second-order valence-corrected chi connectivity index (χ2v) is 5.50. The quantitative estimate of drug-likeness (QED) is 0.739. The van der Waals surface area contributed by atoms with Crippen molar-refractivity contribution in [2.24, 2.45) is 0 Å². The average Bonchev–Trinajstić information content (AvgIpc) is 2.42. The first-order valence-electron chi connectivity index (χ1n) is 6.51. The van der Waals surface area contributed by atoms with Crippen LogP contribution in [0.2, 0.25) is 0 Å². The van der Waals surface area contributed by atoms with E-state index in [1.54, 1.807) is 32.0 Å². The monoisotopic (exact) mass is 372 g/mol. The normalized spacial score (nSPS) is 10.0. The van der Waals surface area contributed by atoms with E-state index in [4.69, 9.17) is 9.47 Å². The highest BCUT2D eigenvalue weighted by Crippen LogP contribution is 2.17. The molecule has 0 unspecified atom stereocenters. The maximum atomic E-state index is 11.4. The summed E-state index contributed by atoms with van der Waals surface area (Å²) in [6, 6.07) is 6.20. The Kier molecular flexibility index (Phi) is 7.38. The molecule has 0 bridgehead atoms. The van der Waals surface area contributed by atoms with E-state index >= 15 is 0 Å². The average molecular weight is 373 g/mol. The van der Waals surface area contributed by atoms with E-state index in [0.29, 0.717) is 5.75 Å². The SMILES string of the molecule is CC(C)NC(=O)NC(=O)COC(=O)COc1cccc(Br)c1. The molecule has 0 heterocycles. The van der Waals surface area contributed by atoms with Crippen molar-refractivity contribution in [2.45, 2.75) is 19.9 Å². The van der Waals surface area contributed by atoms with Gasteiger partial charge in [0, 0.05) is 10.5 Å². The molecule has 0 saturated heterocycles. The van der Waals surface area contributed by atoms with Crippen LogP contribution in [-0.4, -0.2) is 37.2 Å². The van der Waals surface area contributed by atoms with E-state index in [1.165, 1.54) is 0 Å². The Morgan fingerprint density at radius 2 is 1.95 bits per heavy atom. The van der Waals surface area contributed by atoms with Crippen LogP contribution in [0.1, 0.15) is 13.8 Å². The molecule has 1 rings (SSSR count). The zero-order chi connectivity index (χ0) is 16.5. The Morgan fingerprint density at radius 1 is 1.23 bits per heavy atom.